The zero-order valence-corrected chi connectivity index (χ0v) is 16.1. The first-order valence-electron chi connectivity index (χ1n) is 9.80. The standard InChI is InChI=1S/C25H23NO3/c26-25(28)18(14-17-8-2-1-3-9-17)15-24(27)29-16-23-21-12-6-4-10-19(21)20-11-5-7-13-22(20)23/h1-13,18,23H,14-16H2,(H2,26,28). The molecular formula is C25H23NO3. The average molecular weight is 385 g/mol. The Balaban J connectivity index is 1.43. The monoisotopic (exact) mass is 385 g/mol. The number of nitrogens with two attached hydrogens (primary N) is 1. The molecule has 3 aromatic carbocycles. The maximum atomic E-state index is 12.5. The van der Waals surface area contributed by atoms with E-state index in [1.165, 1.54) is 11.1 Å². The van der Waals surface area contributed by atoms with Crippen molar-refractivity contribution in [3.63, 3.8) is 0 Å². The summed E-state index contributed by atoms with van der Waals surface area (Å²) in [7, 11) is 0. The molecule has 4 heteroatoms. The summed E-state index contributed by atoms with van der Waals surface area (Å²) in [5, 5.41) is 0. The summed E-state index contributed by atoms with van der Waals surface area (Å²) in [5.74, 6) is -1.45. The highest BCUT2D eigenvalue weighted by atomic mass is 16.5. The molecule has 0 aliphatic heterocycles. The number of carbonyl (C=O) groups excluding carboxylic acids is 2. The van der Waals surface area contributed by atoms with Crippen LogP contribution in [0.25, 0.3) is 11.1 Å². The van der Waals surface area contributed by atoms with Gasteiger partial charge in [-0.3, -0.25) is 9.59 Å². The molecular weight excluding hydrogens is 362 g/mol. The first kappa shape index (κ1) is 18.9. The minimum Gasteiger partial charge on any atom is -0.465 e. The van der Waals surface area contributed by atoms with Crippen LogP contribution in [0.1, 0.15) is 29.0 Å². The van der Waals surface area contributed by atoms with E-state index in [1.807, 2.05) is 54.6 Å². The predicted molar refractivity (Wildman–Crippen MR) is 112 cm³/mol. The van der Waals surface area contributed by atoms with Gasteiger partial charge >= 0.3 is 5.97 Å². The number of hydrogen-bond donors (Lipinski definition) is 1. The highest BCUT2D eigenvalue weighted by Crippen LogP contribution is 2.44. The van der Waals surface area contributed by atoms with E-state index in [-0.39, 0.29) is 18.9 Å². The molecule has 1 amide bonds. The maximum absolute atomic E-state index is 12.5. The summed E-state index contributed by atoms with van der Waals surface area (Å²) in [4.78, 5) is 24.3. The van der Waals surface area contributed by atoms with Gasteiger partial charge in [-0.25, -0.2) is 0 Å². The van der Waals surface area contributed by atoms with Crippen LogP contribution in [-0.4, -0.2) is 18.5 Å². The van der Waals surface area contributed by atoms with E-state index < -0.39 is 17.8 Å². The van der Waals surface area contributed by atoms with Gasteiger partial charge in [0.15, 0.2) is 0 Å². The van der Waals surface area contributed by atoms with Crippen molar-refractivity contribution >= 4 is 11.9 Å². The molecule has 0 aromatic heterocycles. The largest absolute Gasteiger partial charge is 0.465 e. The fourth-order valence-electron chi connectivity index (χ4n) is 4.05. The van der Waals surface area contributed by atoms with E-state index in [0.29, 0.717) is 6.42 Å². The summed E-state index contributed by atoms with van der Waals surface area (Å²) in [5.41, 5.74) is 11.2. The van der Waals surface area contributed by atoms with E-state index in [2.05, 4.69) is 24.3 Å². The van der Waals surface area contributed by atoms with Gasteiger partial charge in [0.1, 0.15) is 6.61 Å². The summed E-state index contributed by atoms with van der Waals surface area (Å²) >= 11 is 0. The van der Waals surface area contributed by atoms with Crippen molar-refractivity contribution in [3.8, 4) is 11.1 Å². The van der Waals surface area contributed by atoms with Gasteiger partial charge in [0.05, 0.1) is 12.3 Å². The Morgan fingerprint density at radius 2 is 1.38 bits per heavy atom. The van der Waals surface area contributed by atoms with Crippen LogP contribution in [0.5, 0.6) is 0 Å². The minimum absolute atomic E-state index is 0.00695. The molecule has 2 N–H and O–H groups in total. The molecule has 0 heterocycles. The van der Waals surface area contributed by atoms with E-state index in [9.17, 15) is 9.59 Å². The molecule has 1 aliphatic rings. The number of amides is 1. The normalized spacial score (nSPS) is 13.4. The molecule has 29 heavy (non-hydrogen) atoms. The van der Waals surface area contributed by atoms with Crippen LogP contribution in [0.4, 0.5) is 0 Å². The fraction of sp³-hybridized carbons (Fsp3) is 0.200. The number of carbonyl (C=O) groups is 2. The third kappa shape index (κ3) is 4.06. The third-order valence-corrected chi connectivity index (χ3v) is 5.51. The summed E-state index contributed by atoms with van der Waals surface area (Å²) in [6.45, 7) is 0.254. The van der Waals surface area contributed by atoms with Crippen LogP contribution >= 0.6 is 0 Å². The molecule has 1 aliphatic carbocycles. The number of primary amides is 1. The van der Waals surface area contributed by atoms with Gasteiger partial charge in [-0.05, 0) is 34.2 Å². The van der Waals surface area contributed by atoms with E-state index >= 15 is 0 Å². The van der Waals surface area contributed by atoms with Crippen molar-refractivity contribution in [3.05, 3.63) is 95.6 Å². The molecule has 4 rings (SSSR count). The second-order valence-corrected chi connectivity index (χ2v) is 7.40. The Bertz CT molecular complexity index is 984. The number of hydrogen-bond acceptors (Lipinski definition) is 3. The first-order valence-corrected chi connectivity index (χ1v) is 9.80. The molecule has 0 radical (unpaired) electrons. The van der Waals surface area contributed by atoms with Crippen molar-refractivity contribution in [1.82, 2.24) is 0 Å². The molecule has 0 saturated carbocycles. The molecule has 0 spiro atoms. The summed E-state index contributed by atoms with van der Waals surface area (Å²) < 4.78 is 5.61. The van der Waals surface area contributed by atoms with E-state index in [0.717, 1.165) is 16.7 Å². The lowest BCUT2D eigenvalue weighted by Gasteiger charge is -2.16. The number of rotatable bonds is 7. The van der Waals surface area contributed by atoms with Crippen molar-refractivity contribution in [1.29, 1.82) is 0 Å². The smallest absolute Gasteiger partial charge is 0.306 e. The maximum Gasteiger partial charge on any atom is 0.306 e. The topological polar surface area (TPSA) is 69.4 Å². The zero-order chi connectivity index (χ0) is 20.2. The molecule has 3 aromatic rings. The van der Waals surface area contributed by atoms with Crippen LogP contribution in [0.3, 0.4) is 0 Å². The van der Waals surface area contributed by atoms with Crippen LogP contribution < -0.4 is 5.73 Å². The van der Waals surface area contributed by atoms with Gasteiger partial charge in [-0.1, -0.05) is 78.9 Å². The van der Waals surface area contributed by atoms with Crippen LogP contribution in [0.15, 0.2) is 78.9 Å². The lowest BCUT2D eigenvalue weighted by Crippen LogP contribution is -2.28. The van der Waals surface area contributed by atoms with Crippen LogP contribution in [0, 0.1) is 5.92 Å². The van der Waals surface area contributed by atoms with Crippen molar-refractivity contribution < 1.29 is 14.3 Å². The SMILES string of the molecule is NC(=O)C(CC(=O)OCC1c2ccccc2-c2ccccc21)Cc1ccccc1. The van der Waals surface area contributed by atoms with Gasteiger partial charge in [0.2, 0.25) is 5.91 Å². The third-order valence-electron chi connectivity index (χ3n) is 5.51. The summed E-state index contributed by atoms with van der Waals surface area (Å²) in [6, 6.07) is 26.0. The predicted octanol–water partition coefficient (Wildman–Crippen LogP) is 4.08. The highest BCUT2D eigenvalue weighted by molar-refractivity contribution is 5.83. The van der Waals surface area contributed by atoms with E-state index in [4.69, 9.17) is 10.5 Å². The Hall–Kier alpha value is -3.40. The molecule has 0 bridgehead atoms. The molecule has 146 valence electrons. The van der Waals surface area contributed by atoms with Gasteiger partial charge < -0.3 is 10.5 Å². The van der Waals surface area contributed by atoms with Crippen molar-refractivity contribution in [2.24, 2.45) is 11.7 Å². The summed E-state index contributed by atoms with van der Waals surface area (Å²) in [6.07, 6.45) is 0.417. The number of benzene rings is 3. The van der Waals surface area contributed by atoms with Crippen molar-refractivity contribution in [2.75, 3.05) is 6.61 Å². The molecule has 0 saturated heterocycles. The van der Waals surface area contributed by atoms with Crippen LogP contribution in [0.2, 0.25) is 0 Å². The molecule has 1 atom stereocenters. The zero-order valence-electron chi connectivity index (χ0n) is 16.1. The van der Waals surface area contributed by atoms with Gasteiger partial charge in [0, 0.05) is 5.92 Å². The van der Waals surface area contributed by atoms with E-state index in [1.54, 1.807) is 0 Å². The fourth-order valence-corrected chi connectivity index (χ4v) is 4.05. The van der Waals surface area contributed by atoms with Gasteiger partial charge in [0.25, 0.3) is 0 Å². The first-order chi connectivity index (χ1) is 14.1. The van der Waals surface area contributed by atoms with Gasteiger partial charge in [-0.2, -0.15) is 0 Å². The second kappa shape index (κ2) is 8.31. The Labute approximate surface area is 170 Å². The molecule has 1 unspecified atom stereocenters. The number of ether oxygens (including phenoxy) is 1. The lowest BCUT2D eigenvalue weighted by molar-refractivity contribution is -0.146. The molecule has 0 fully saturated rings. The number of fused-ring (bicyclic) bond motifs is 3. The van der Waals surface area contributed by atoms with Gasteiger partial charge in [-0.15, -0.1) is 0 Å². The molecule has 4 nitrogen and oxygen atoms in total. The number of esters is 1. The van der Waals surface area contributed by atoms with Crippen molar-refractivity contribution in [2.45, 2.75) is 18.8 Å². The van der Waals surface area contributed by atoms with Crippen LogP contribution in [-0.2, 0) is 20.7 Å². The Morgan fingerprint density at radius 3 is 1.97 bits per heavy atom. The second-order valence-electron chi connectivity index (χ2n) is 7.40. The quantitative estimate of drug-likeness (QED) is 0.623. The Kier molecular flexibility index (Phi) is 5.43. The average Bonchev–Trinajstić information content (AvgIpc) is 3.06. The lowest BCUT2D eigenvalue weighted by atomic mass is 9.95. The Morgan fingerprint density at radius 1 is 0.828 bits per heavy atom. The highest BCUT2D eigenvalue weighted by Gasteiger charge is 2.29. The minimum atomic E-state index is -0.576.